The van der Waals surface area contributed by atoms with Crippen molar-refractivity contribution in [2.45, 2.75) is 78.1 Å². The molecule has 0 spiro atoms. The number of hydrogen-bond donors (Lipinski definition) is 1. The largest absolute Gasteiger partial charge is 0.494 e. The number of unbranched alkanes of at least 4 members (excludes halogenated alkanes) is 8. The summed E-state index contributed by atoms with van der Waals surface area (Å²) < 4.78 is 17.0. The molecule has 0 saturated carbocycles. The highest BCUT2D eigenvalue weighted by Gasteiger charge is 2.23. The Labute approximate surface area is 325 Å². The molecule has 0 radical (unpaired) electrons. The van der Waals surface area contributed by atoms with Crippen LogP contribution in [0.25, 0.3) is 34.4 Å². The molecule has 1 aromatic heterocycles. The number of rotatable bonds is 21. The first-order chi connectivity index (χ1) is 26.5. The zero-order valence-corrected chi connectivity index (χ0v) is 32.7. The van der Waals surface area contributed by atoms with Crippen LogP contribution in [0.3, 0.4) is 0 Å². The van der Waals surface area contributed by atoms with Gasteiger partial charge in [-0.15, -0.1) is 11.3 Å². The number of methoxy groups -OCH3 is 1. The van der Waals surface area contributed by atoms with Crippen LogP contribution in [-0.4, -0.2) is 32.2 Å². The molecule has 0 bridgehead atoms. The molecule has 1 N–H and O–H groups in total. The van der Waals surface area contributed by atoms with E-state index in [4.69, 9.17) is 14.2 Å². The normalized spacial score (nSPS) is 11.1. The maximum Gasteiger partial charge on any atom is 0.341 e. The minimum absolute atomic E-state index is 0.302. The van der Waals surface area contributed by atoms with Gasteiger partial charge in [-0.05, 0) is 77.1 Å². The molecule has 1 heterocycles. The van der Waals surface area contributed by atoms with E-state index in [-0.39, 0.29) is 5.91 Å². The highest BCUT2D eigenvalue weighted by Crippen LogP contribution is 2.37. The minimum Gasteiger partial charge on any atom is -0.494 e. The summed E-state index contributed by atoms with van der Waals surface area (Å²) in [6.45, 7) is 5.92. The van der Waals surface area contributed by atoms with Crippen molar-refractivity contribution in [3.8, 4) is 33.8 Å². The highest BCUT2D eigenvalue weighted by atomic mass is 32.1. The third kappa shape index (κ3) is 11.9. The van der Waals surface area contributed by atoms with Crippen LogP contribution in [0.4, 0.5) is 5.00 Å². The molecule has 7 heteroatoms. The standard InChI is InChI=1S/C47H53NO5S/c1-4-6-8-10-11-13-33-53-42-30-26-38(27-31-42)37-22-24-39(25-23-37)43-34-54-46(44(43)47(50)51-3)48-45(49)40-20-16-35(17-21-40)14-15-36-18-28-41(29-19-36)52-32-12-9-7-5-2/h14-31,34H,4-13,32-33H2,1-3H3,(H,48,49)/b15-14+. The van der Waals surface area contributed by atoms with Crippen LogP contribution in [0.15, 0.2) is 102 Å². The van der Waals surface area contributed by atoms with E-state index in [1.807, 2.05) is 90.3 Å². The Balaban J connectivity index is 1.17. The van der Waals surface area contributed by atoms with Crippen LogP contribution < -0.4 is 14.8 Å². The van der Waals surface area contributed by atoms with Crippen molar-refractivity contribution in [3.63, 3.8) is 0 Å². The van der Waals surface area contributed by atoms with Gasteiger partial charge in [0, 0.05) is 16.5 Å². The highest BCUT2D eigenvalue weighted by molar-refractivity contribution is 7.15. The summed E-state index contributed by atoms with van der Waals surface area (Å²) in [5, 5.41) is 5.27. The van der Waals surface area contributed by atoms with E-state index in [1.165, 1.54) is 69.8 Å². The van der Waals surface area contributed by atoms with E-state index in [0.29, 0.717) is 21.7 Å². The third-order valence-corrected chi connectivity index (χ3v) is 10.2. The quantitative estimate of drug-likeness (QED) is 0.0460. The molecule has 0 aliphatic carbocycles. The van der Waals surface area contributed by atoms with Crippen LogP contribution >= 0.6 is 11.3 Å². The smallest absolute Gasteiger partial charge is 0.341 e. The summed E-state index contributed by atoms with van der Waals surface area (Å²) in [6.07, 6.45) is 16.2. The number of hydrogen-bond acceptors (Lipinski definition) is 6. The SMILES string of the molecule is CCCCCCCCOc1ccc(-c2ccc(-c3csc(NC(=O)c4ccc(/C=C/c5ccc(OCCCCCC)cc5)cc4)c3C(=O)OC)cc2)cc1. The maximum absolute atomic E-state index is 13.3. The van der Waals surface area contributed by atoms with E-state index in [2.05, 4.69) is 31.3 Å². The van der Waals surface area contributed by atoms with E-state index in [9.17, 15) is 9.59 Å². The van der Waals surface area contributed by atoms with Gasteiger partial charge in [0.25, 0.3) is 5.91 Å². The number of thiophene rings is 1. The van der Waals surface area contributed by atoms with Crippen LogP contribution in [0.1, 0.15) is 110 Å². The van der Waals surface area contributed by atoms with Gasteiger partial charge in [-0.3, -0.25) is 4.79 Å². The van der Waals surface area contributed by atoms with Gasteiger partial charge in [-0.1, -0.05) is 138 Å². The molecule has 4 aromatic carbocycles. The minimum atomic E-state index is -0.505. The first-order valence-electron chi connectivity index (χ1n) is 19.3. The molecule has 6 nitrogen and oxygen atoms in total. The predicted octanol–water partition coefficient (Wildman–Crippen LogP) is 13.0. The van der Waals surface area contributed by atoms with Crippen molar-refractivity contribution in [1.82, 2.24) is 0 Å². The van der Waals surface area contributed by atoms with Crippen molar-refractivity contribution in [2.24, 2.45) is 0 Å². The molecule has 54 heavy (non-hydrogen) atoms. The summed E-state index contributed by atoms with van der Waals surface area (Å²) in [5.74, 6) is 0.952. The number of carbonyl (C=O) groups excluding carboxylic acids is 2. The van der Waals surface area contributed by atoms with E-state index in [0.717, 1.165) is 65.4 Å². The van der Waals surface area contributed by atoms with Gasteiger partial charge < -0.3 is 19.5 Å². The lowest BCUT2D eigenvalue weighted by Crippen LogP contribution is -2.14. The maximum atomic E-state index is 13.3. The number of carbonyl (C=O) groups is 2. The van der Waals surface area contributed by atoms with Gasteiger partial charge in [-0.25, -0.2) is 4.79 Å². The van der Waals surface area contributed by atoms with Gasteiger partial charge in [0.1, 0.15) is 22.1 Å². The van der Waals surface area contributed by atoms with Crippen molar-refractivity contribution < 1.29 is 23.8 Å². The zero-order chi connectivity index (χ0) is 38.0. The van der Waals surface area contributed by atoms with Gasteiger partial charge in [-0.2, -0.15) is 0 Å². The second-order valence-electron chi connectivity index (χ2n) is 13.5. The Morgan fingerprint density at radius 2 is 1.06 bits per heavy atom. The fraction of sp³-hybridized carbons (Fsp3) is 0.319. The second-order valence-corrected chi connectivity index (χ2v) is 14.3. The van der Waals surface area contributed by atoms with Crippen molar-refractivity contribution in [2.75, 3.05) is 25.6 Å². The van der Waals surface area contributed by atoms with E-state index >= 15 is 0 Å². The Bertz CT molecular complexity index is 1910. The molecular weight excluding hydrogens is 691 g/mol. The average Bonchev–Trinajstić information content (AvgIpc) is 3.63. The van der Waals surface area contributed by atoms with Crippen LogP contribution in [0.2, 0.25) is 0 Å². The molecule has 0 unspecified atom stereocenters. The summed E-state index contributed by atoms with van der Waals surface area (Å²) in [4.78, 5) is 26.3. The van der Waals surface area contributed by atoms with Crippen molar-refractivity contribution >= 4 is 40.4 Å². The Morgan fingerprint density at radius 1 is 0.593 bits per heavy atom. The van der Waals surface area contributed by atoms with Gasteiger partial charge in [0.05, 0.1) is 20.3 Å². The van der Waals surface area contributed by atoms with Crippen molar-refractivity contribution in [1.29, 1.82) is 0 Å². The molecule has 0 saturated heterocycles. The summed E-state index contributed by atoms with van der Waals surface area (Å²) in [7, 11) is 1.35. The lowest BCUT2D eigenvalue weighted by molar-refractivity contribution is 0.0603. The molecule has 5 aromatic rings. The number of amides is 1. The van der Waals surface area contributed by atoms with Gasteiger partial charge >= 0.3 is 5.97 Å². The Morgan fingerprint density at radius 3 is 1.61 bits per heavy atom. The van der Waals surface area contributed by atoms with E-state index in [1.54, 1.807) is 12.1 Å². The third-order valence-electron chi connectivity index (χ3n) is 9.35. The molecule has 5 rings (SSSR count). The molecular formula is C47H53NO5S. The van der Waals surface area contributed by atoms with E-state index < -0.39 is 5.97 Å². The van der Waals surface area contributed by atoms with Crippen LogP contribution in [0.5, 0.6) is 11.5 Å². The number of esters is 1. The fourth-order valence-electron chi connectivity index (χ4n) is 6.13. The Hall–Kier alpha value is -5.14. The van der Waals surface area contributed by atoms with Crippen molar-refractivity contribution in [3.05, 3.63) is 125 Å². The van der Waals surface area contributed by atoms with Gasteiger partial charge in [0.15, 0.2) is 0 Å². The molecule has 0 fully saturated rings. The number of nitrogens with one attached hydrogen (secondary N) is 1. The number of anilines is 1. The molecule has 0 aliphatic rings. The van der Waals surface area contributed by atoms with Gasteiger partial charge in [0.2, 0.25) is 0 Å². The monoisotopic (exact) mass is 743 g/mol. The van der Waals surface area contributed by atoms with Crippen LogP contribution in [0, 0.1) is 0 Å². The predicted molar refractivity (Wildman–Crippen MR) is 225 cm³/mol. The number of ether oxygens (including phenoxy) is 3. The first kappa shape index (κ1) is 40.1. The topological polar surface area (TPSA) is 73.9 Å². The molecule has 1 amide bonds. The average molecular weight is 744 g/mol. The molecule has 0 atom stereocenters. The number of benzene rings is 4. The zero-order valence-electron chi connectivity index (χ0n) is 31.9. The molecule has 282 valence electrons. The summed E-state index contributed by atoms with van der Waals surface area (Å²) in [5.41, 5.74) is 6.55. The lowest BCUT2D eigenvalue weighted by atomic mass is 9.99. The summed E-state index contributed by atoms with van der Waals surface area (Å²) in [6, 6.07) is 31.6. The second kappa shape index (κ2) is 21.5. The summed E-state index contributed by atoms with van der Waals surface area (Å²) >= 11 is 1.30. The Kier molecular flexibility index (Phi) is 16.0. The lowest BCUT2D eigenvalue weighted by Gasteiger charge is -2.10. The molecule has 0 aliphatic heterocycles. The van der Waals surface area contributed by atoms with Crippen LogP contribution in [-0.2, 0) is 4.74 Å². The first-order valence-corrected chi connectivity index (χ1v) is 20.2. The fourth-order valence-corrected chi connectivity index (χ4v) is 7.09.